The lowest BCUT2D eigenvalue weighted by molar-refractivity contribution is -0.129. The molecule has 0 aliphatic carbocycles. The first-order chi connectivity index (χ1) is 8.04. The van der Waals surface area contributed by atoms with E-state index in [4.69, 9.17) is 10.9 Å². The summed E-state index contributed by atoms with van der Waals surface area (Å²) in [4.78, 5) is 13.4. The van der Waals surface area contributed by atoms with E-state index < -0.39 is 0 Å². The number of oxime groups is 1. The molecular weight excluding hydrogens is 238 g/mol. The molecule has 0 bridgehead atoms. The predicted molar refractivity (Wildman–Crippen MR) is 68.2 cm³/mol. The molecule has 0 saturated heterocycles. The van der Waals surface area contributed by atoms with Gasteiger partial charge in [0.05, 0.1) is 6.42 Å². The van der Waals surface area contributed by atoms with Gasteiger partial charge in [-0.15, -0.1) is 0 Å². The second-order valence-electron chi connectivity index (χ2n) is 4.01. The number of amidine groups is 1. The summed E-state index contributed by atoms with van der Waals surface area (Å²) in [5, 5.41) is 15.4. The predicted octanol–water partition coefficient (Wildman–Crippen LogP) is 1.13. The van der Waals surface area contributed by atoms with E-state index in [0.29, 0.717) is 13.0 Å². The highest BCUT2D eigenvalue weighted by Gasteiger charge is 2.15. The zero-order chi connectivity index (χ0) is 12.8. The maximum Gasteiger partial charge on any atom is 0.226 e. The van der Waals surface area contributed by atoms with Crippen LogP contribution >= 0.6 is 11.3 Å². The van der Waals surface area contributed by atoms with Gasteiger partial charge < -0.3 is 15.8 Å². The number of nitrogens with zero attached hydrogens (tertiary/aromatic N) is 2. The summed E-state index contributed by atoms with van der Waals surface area (Å²) in [6.45, 7) is 2.25. The van der Waals surface area contributed by atoms with Crippen LogP contribution in [0.4, 0.5) is 0 Å². The third-order valence-corrected chi connectivity index (χ3v) is 3.26. The molecule has 6 heteroatoms. The number of thiophene rings is 1. The zero-order valence-electron chi connectivity index (χ0n) is 9.96. The molecule has 1 atom stereocenters. The van der Waals surface area contributed by atoms with Crippen LogP contribution in [0.1, 0.15) is 12.5 Å². The molecule has 1 aromatic heterocycles. The van der Waals surface area contributed by atoms with E-state index in [1.165, 1.54) is 0 Å². The van der Waals surface area contributed by atoms with E-state index in [2.05, 4.69) is 5.16 Å². The minimum Gasteiger partial charge on any atom is -0.409 e. The monoisotopic (exact) mass is 255 g/mol. The Morgan fingerprint density at radius 2 is 2.41 bits per heavy atom. The molecule has 0 aromatic carbocycles. The van der Waals surface area contributed by atoms with Crippen molar-refractivity contribution in [3.63, 3.8) is 0 Å². The Bertz CT molecular complexity index is 389. The van der Waals surface area contributed by atoms with Crippen LogP contribution in [-0.4, -0.2) is 35.4 Å². The molecule has 3 N–H and O–H groups in total. The number of hydrogen-bond donors (Lipinski definition) is 2. The zero-order valence-corrected chi connectivity index (χ0v) is 10.8. The molecule has 5 nitrogen and oxygen atoms in total. The molecule has 1 rings (SSSR count). The fourth-order valence-corrected chi connectivity index (χ4v) is 2.08. The van der Waals surface area contributed by atoms with Gasteiger partial charge in [0.25, 0.3) is 0 Å². The highest BCUT2D eigenvalue weighted by atomic mass is 32.1. The van der Waals surface area contributed by atoms with Gasteiger partial charge in [-0.05, 0) is 22.4 Å². The summed E-state index contributed by atoms with van der Waals surface area (Å²) in [5.74, 6) is 0.0117. The Hall–Kier alpha value is -1.56. The average molecular weight is 255 g/mol. The van der Waals surface area contributed by atoms with Gasteiger partial charge in [-0.1, -0.05) is 12.1 Å². The van der Waals surface area contributed by atoms with Crippen LogP contribution in [0.25, 0.3) is 0 Å². The van der Waals surface area contributed by atoms with Crippen molar-refractivity contribution in [2.24, 2.45) is 16.8 Å². The fraction of sp³-hybridized carbons (Fsp3) is 0.455. The Labute approximate surface area is 105 Å². The lowest BCUT2D eigenvalue weighted by atomic mass is 10.1. The Balaban J connectivity index is 2.47. The smallest absolute Gasteiger partial charge is 0.226 e. The Kier molecular flexibility index (Phi) is 4.96. The number of nitrogens with two attached hydrogens (primary N) is 1. The van der Waals surface area contributed by atoms with Crippen molar-refractivity contribution in [3.05, 3.63) is 22.4 Å². The van der Waals surface area contributed by atoms with E-state index in [1.807, 2.05) is 23.8 Å². The summed E-state index contributed by atoms with van der Waals surface area (Å²) < 4.78 is 0. The van der Waals surface area contributed by atoms with Gasteiger partial charge in [-0.2, -0.15) is 11.3 Å². The molecule has 1 heterocycles. The third-order valence-electron chi connectivity index (χ3n) is 2.53. The molecule has 0 saturated carbocycles. The molecule has 0 aliphatic heterocycles. The van der Waals surface area contributed by atoms with Gasteiger partial charge in [0.15, 0.2) is 0 Å². The van der Waals surface area contributed by atoms with Gasteiger partial charge in [-0.25, -0.2) is 0 Å². The summed E-state index contributed by atoms with van der Waals surface area (Å²) in [5.41, 5.74) is 6.48. The van der Waals surface area contributed by atoms with Gasteiger partial charge in [0.1, 0.15) is 5.84 Å². The van der Waals surface area contributed by atoms with E-state index in [0.717, 1.165) is 5.56 Å². The SMILES string of the molecule is CC(CN(C)C(=O)Cc1ccsc1)/C(N)=N/O. The van der Waals surface area contributed by atoms with E-state index in [-0.39, 0.29) is 17.7 Å². The van der Waals surface area contributed by atoms with Crippen molar-refractivity contribution in [1.82, 2.24) is 4.90 Å². The number of rotatable bonds is 5. The second kappa shape index (κ2) is 6.24. The van der Waals surface area contributed by atoms with Crippen molar-refractivity contribution in [2.75, 3.05) is 13.6 Å². The van der Waals surface area contributed by atoms with Gasteiger partial charge in [0.2, 0.25) is 5.91 Å². The molecule has 1 amide bonds. The first kappa shape index (κ1) is 13.5. The lowest BCUT2D eigenvalue weighted by Gasteiger charge is -2.20. The minimum atomic E-state index is -0.156. The summed E-state index contributed by atoms with van der Waals surface area (Å²) in [6, 6.07) is 1.93. The molecule has 0 radical (unpaired) electrons. The van der Waals surface area contributed by atoms with E-state index >= 15 is 0 Å². The first-order valence-corrected chi connectivity index (χ1v) is 6.21. The highest BCUT2D eigenvalue weighted by Crippen LogP contribution is 2.08. The first-order valence-electron chi connectivity index (χ1n) is 5.27. The van der Waals surface area contributed by atoms with Crippen molar-refractivity contribution < 1.29 is 10.0 Å². The topological polar surface area (TPSA) is 78.9 Å². The molecule has 1 aromatic rings. The quantitative estimate of drug-likeness (QED) is 0.358. The van der Waals surface area contributed by atoms with Gasteiger partial charge >= 0.3 is 0 Å². The number of carbonyl (C=O) groups excluding carboxylic acids is 1. The van der Waals surface area contributed by atoms with Crippen LogP contribution in [0.15, 0.2) is 22.0 Å². The van der Waals surface area contributed by atoms with Gasteiger partial charge in [-0.3, -0.25) is 4.79 Å². The minimum absolute atomic E-state index is 0.0287. The molecule has 0 fully saturated rings. The number of hydrogen-bond acceptors (Lipinski definition) is 4. The molecule has 0 aliphatic rings. The highest BCUT2D eigenvalue weighted by molar-refractivity contribution is 7.07. The van der Waals surface area contributed by atoms with E-state index in [9.17, 15) is 4.79 Å². The largest absolute Gasteiger partial charge is 0.409 e. The summed E-state index contributed by atoms with van der Waals surface area (Å²) in [7, 11) is 1.72. The molecule has 1 unspecified atom stereocenters. The van der Waals surface area contributed by atoms with Crippen molar-refractivity contribution >= 4 is 23.1 Å². The van der Waals surface area contributed by atoms with Gasteiger partial charge in [0, 0.05) is 19.5 Å². The molecule has 17 heavy (non-hydrogen) atoms. The lowest BCUT2D eigenvalue weighted by Crippen LogP contribution is -2.36. The van der Waals surface area contributed by atoms with Crippen LogP contribution in [0.3, 0.4) is 0 Å². The maximum absolute atomic E-state index is 11.8. The Morgan fingerprint density at radius 3 is 2.94 bits per heavy atom. The molecular formula is C11H17N3O2S. The van der Waals surface area contributed by atoms with Crippen molar-refractivity contribution in [2.45, 2.75) is 13.3 Å². The van der Waals surface area contributed by atoms with Crippen molar-refractivity contribution in [1.29, 1.82) is 0 Å². The molecule has 0 spiro atoms. The standard InChI is InChI=1S/C11H17N3O2S/c1-8(11(12)13-16)6-14(2)10(15)5-9-3-4-17-7-9/h3-4,7-8,16H,5-6H2,1-2H3,(H2,12,13). The van der Waals surface area contributed by atoms with Crippen LogP contribution in [-0.2, 0) is 11.2 Å². The van der Waals surface area contributed by atoms with E-state index in [1.54, 1.807) is 23.3 Å². The fourth-order valence-electron chi connectivity index (χ4n) is 1.41. The normalized spacial score (nSPS) is 13.4. The second-order valence-corrected chi connectivity index (χ2v) is 4.79. The number of carbonyl (C=O) groups is 1. The third kappa shape index (κ3) is 4.07. The summed E-state index contributed by atoms with van der Waals surface area (Å²) in [6.07, 6.45) is 0.392. The van der Waals surface area contributed by atoms with Crippen LogP contribution in [0.5, 0.6) is 0 Å². The number of likely N-dealkylation sites (N-methyl/N-ethyl adjacent to an activating group) is 1. The summed E-state index contributed by atoms with van der Waals surface area (Å²) >= 11 is 1.57. The van der Waals surface area contributed by atoms with Crippen LogP contribution in [0, 0.1) is 5.92 Å². The van der Waals surface area contributed by atoms with Crippen LogP contribution < -0.4 is 5.73 Å². The molecule has 94 valence electrons. The Morgan fingerprint density at radius 1 is 1.71 bits per heavy atom. The average Bonchev–Trinajstić information content (AvgIpc) is 2.80. The van der Waals surface area contributed by atoms with Crippen molar-refractivity contribution in [3.8, 4) is 0 Å². The van der Waals surface area contributed by atoms with Crippen LogP contribution in [0.2, 0.25) is 0 Å². The number of amides is 1. The maximum atomic E-state index is 11.8.